The zero-order valence-electron chi connectivity index (χ0n) is 17.6. The molecule has 0 saturated heterocycles. The van der Waals surface area contributed by atoms with Crippen molar-refractivity contribution in [3.8, 4) is 5.75 Å². The van der Waals surface area contributed by atoms with E-state index in [9.17, 15) is 9.59 Å². The van der Waals surface area contributed by atoms with Crippen LogP contribution in [0.2, 0.25) is 0 Å². The minimum atomic E-state index is -0.366. The highest BCUT2D eigenvalue weighted by atomic mass is 16.5. The average molecular weight is 388 g/mol. The summed E-state index contributed by atoms with van der Waals surface area (Å²) in [6.45, 7) is 6.66. The molecular weight excluding hydrogens is 354 g/mol. The van der Waals surface area contributed by atoms with Gasteiger partial charge in [0.05, 0.1) is 13.0 Å². The van der Waals surface area contributed by atoms with E-state index in [-0.39, 0.29) is 24.4 Å². The summed E-state index contributed by atoms with van der Waals surface area (Å²) in [6.07, 6.45) is 7.83. The van der Waals surface area contributed by atoms with Gasteiger partial charge in [0, 0.05) is 13.1 Å². The lowest BCUT2D eigenvalue weighted by atomic mass is 9.97. The summed E-state index contributed by atoms with van der Waals surface area (Å²) in [5.74, 6) is -0.0440. The minimum absolute atomic E-state index is 0.0305. The molecule has 1 aromatic rings. The van der Waals surface area contributed by atoms with Crippen molar-refractivity contribution >= 4 is 11.9 Å². The zero-order chi connectivity index (χ0) is 20.5. The Labute approximate surface area is 168 Å². The Kier molecular flexibility index (Phi) is 8.55. The molecule has 2 rings (SSSR count). The van der Waals surface area contributed by atoms with Crippen molar-refractivity contribution in [3.05, 3.63) is 41.0 Å². The van der Waals surface area contributed by atoms with Crippen LogP contribution in [0.3, 0.4) is 0 Å². The van der Waals surface area contributed by atoms with Crippen LogP contribution >= 0.6 is 0 Å². The summed E-state index contributed by atoms with van der Waals surface area (Å²) in [5.41, 5.74) is 3.50. The van der Waals surface area contributed by atoms with Gasteiger partial charge in [-0.3, -0.25) is 9.59 Å². The SMILES string of the molecule is COC(=O)C(C)CN(CCC1=CCCCC1)C(=O)COc1cc(C)ccc1C. The van der Waals surface area contributed by atoms with E-state index >= 15 is 0 Å². The molecule has 1 amide bonds. The first-order chi connectivity index (χ1) is 13.4. The fourth-order valence-electron chi connectivity index (χ4n) is 3.43. The maximum atomic E-state index is 12.9. The van der Waals surface area contributed by atoms with Crippen LogP contribution in [-0.2, 0) is 14.3 Å². The van der Waals surface area contributed by atoms with Crippen LogP contribution < -0.4 is 4.74 Å². The Morgan fingerprint density at radius 3 is 2.68 bits per heavy atom. The first-order valence-electron chi connectivity index (χ1n) is 10.1. The fourth-order valence-corrected chi connectivity index (χ4v) is 3.43. The van der Waals surface area contributed by atoms with Crippen molar-refractivity contribution in [1.29, 1.82) is 0 Å². The highest BCUT2D eigenvalue weighted by molar-refractivity contribution is 5.79. The van der Waals surface area contributed by atoms with Gasteiger partial charge in [-0.25, -0.2) is 0 Å². The van der Waals surface area contributed by atoms with Gasteiger partial charge in [-0.15, -0.1) is 0 Å². The van der Waals surface area contributed by atoms with Gasteiger partial charge in [0.25, 0.3) is 5.91 Å². The second-order valence-electron chi connectivity index (χ2n) is 7.68. The molecule has 0 spiro atoms. The van der Waals surface area contributed by atoms with Crippen LogP contribution in [0.15, 0.2) is 29.8 Å². The standard InChI is InChI=1S/C23H33NO4/c1-17-10-11-18(2)21(14-17)28-16-22(25)24(15-19(3)23(26)27-4)13-12-20-8-6-5-7-9-20/h8,10-11,14,19H,5-7,9,12-13,15-16H2,1-4H3. The molecule has 0 saturated carbocycles. The average Bonchev–Trinajstić information content (AvgIpc) is 2.71. The lowest BCUT2D eigenvalue weighted by Gasteiger charge is -2.26. The largest absolute Gasteiger partial charge is 0.483 e. The number of carbonyl (C=O) groups is 2. The van der Waals surface area contributed by atoms with E-state index < -0.39 is 0 Å². The molecule has 28 heavy (non-hydrogen) atoms. The van der Waals surface area contributed by atoms with Crippen molar-refractivity contribution in [2.24, 2.45) is 5.92 Å². The Hall–Kier alpha value is -2.30. The van der Waals surface area contributed by atoms with Crippen LogP contribution in [0.1, 0.15) is 50.2 Å². The van der Waals surface area contributed by atoms with Gasteiger partial charge in [-0.1, -0.05) is 30.7 Å². The second kappa shape index (κ2) is 10.9. The van der Waals surface area contributed by atoms with Gasteiger partial charge in [-0.05, 0) is 63.1 Å². The number of ether oxygens (including phenoxy) is 2. The number of hydrogen-bond donors (Lipinski definition) is 0. The lowest BCUT2D eigenvalue weighted by molar-refractivity contribution is -0.146. The number of aryl methyl sites for hydroxylation is 2. The van der Waals surface area contributed by atoms with E-state index in [4.69, 9.17) is 9.47 Å². The molecular formula is C23H33NO4. The summed E-state index contributed by atoms with van der Waals surface area (Å²) >= 11 is 0. The summed E-state index contributed by atoms with van der Waals surface area (Å²) in [7, 11) is 1.38. The summed E-state index contributed by atoms with van der Waals surface area (Å²) < 4.78 is 10.6. The summed E-state index contributed by atoms with van der Waals surface area (Å²) in [6, 6.07) is 5.95. The molecule has 0 aromatic heterocycles. The zero-order valence-corrected chi connectivity index (χ0v) is 17.6. The van der Waals surface area contributed by atoms with Crippen molar-refractivity contribution in [1.82, 2.24) is 4.90 Å². The molecule has 1 unspecified atom stereocenters. The van der Waals surface area contributed by atoms with Gasteiger partial charge < -0.3 is 14.4 Å². The van der Waals surface area contributed by atoms with E-state index in [1.54, 1.807) is 11.8 Å². The Bertz CT molecular complexity index is 711. The number of rotatable bonds is 9. The minimum Gasteiger partial charge on any atom is -0.483 e. The summed E-state index contributed by atoms with van der Waals surface area (Å²) in [5, 5.41) is 0. The number of carbonyl (C=O) groups excluding carboxylic acids is 2. The quantitative estimate of drug-likeness (QED) is 0.470. The molecule has 0 N–H and O–H groups in total. The van der Waals surface area contributed by atoms with Crippen molar-refractivity contribution in [2.75, 3.05) is 26.8 Å². The fraction of sp³-hybridized carbons (Fsp3) is 0.565. The van der Waals surface area contributed by atoms with E-state index in [0.29, 0.717) is 13.1 Å². The van der Waals surface area contributed by atoms with E-state index in [2.05, 4.69) is 6.08 Å². The van der Waals surface area contributed by atoms with E-state index in [0.717, 1.165) is 36.1 Å². The predicted octanol–water partition coefficient (Wildman–Crippen LogP) is 4.21. The maximum Gasteiger partial charge on any atom is 0.310 e. The number of allylic oxidation sites excluding steroid dienone is 1. The van der Waals surface area contributed by atoms with Crippen LogP contribution in [0, 0.1) is 19.8 Å². The van der Waals surface area contributed by atoms with Gasteiger partial charge in [0.2, 0.25) is 0 Å². The van der Waals surface area contributed by atoms with Crippen LogP contribution in [0.5, 0.6) is 5.75 Å². The normalized spacial score (nSPS) is 14.8. The van der Waals surface area contributed by atoms with E-state index in [1.807, 2.05) is 32.0 Å². The van der Waals surface area contributed by atoms with Crippen LogP contribution in [-0.4, -0.2) is 43.6 Å². The van der Waals surface area contributed by atoms with Crippen LogP contribution in [0.25, 0.3) is 0 Å². The molecule has 1 aliphatic rings. The molecule has 0 aliphatic heterocycles. The summed E-state index contributed by atoms with van der Waals surface area (Å²) in [4.78, 5) is 26.4. The molecule has 5 heteroatoms. The smallest absolute Gasteiger partial charge is 0.310 e. The monoisotopic (exact) mass is 387 g/mol. The Morgan fingerprint density at radius 2 is 2.00 bits per heavy atom. The Balaban J connectivity index is 2.00. The third-order valence-electron chi connectivity index (χ3n) is 5.23. The molecule has 0 radical (unpaired) electrons. The first kappa shape index (κ1) is 22.0. The highest BCUT2D eigenvalue weighted by Gasteiger charge is 2.22. The number of methoxy groups -OCH3 is 1. The van der Waals surface area contributed by atoms with Gasteiger partial charge in [0.15, 0.2) is 6.61 Å². The van der Waals surface area contributed by atoms with Gasteiger partial charge in [-0.2, -0.15) is 0 Å². The van der Waals surface area contributed by atoms with Crippen LogP contribution in [0.4, 0.5) is 0 Å². The van der Waals surface area contributed by atoms with Gasteiger partial charge in [0.1, 0.15) is 5.75 Å². The van der Waals surface area contributed by atoms with Crippen molar-refractivity contribution < 1.29 is 19.1 Å². The number of benzene rings is 1. The molecule has 0 heterocycles. The topological polar surface area (TPSA) is 55.8 Å². The molecule has 1 atom stereocenters. The number of amides is 1. The molecule has 0 fully saturated rings. The lowest BCUT2D eigenvalue weighted by Crippen LogP contribution is -2.40. The number of nitrogens with zero attached hydrogens (tertiary/aromatic N) is 1. The second-order valence-corrected chi connectivity index (χ2v) is 7.68. The third kappa shape index (κ3) is 6.70. The first-order valence-corrected chi connectivity index (χ1v) is 10.1. The third-order valence-corrected chi connectivity index (χ3v) is 5.23. The van der Waals surface area contributed by atoms with Crippen molar-refractivity contribution in [2.45, 2.75) is 52.9 Å². The predicted molar refractivity (Wildman–Crippen MR) is 110 cm³/mol. The highest BCUT2D eigenvalue weighted by Crippen LogP contribution is 2.21. The molecule has 154 valence electrons. The number of esters is 1. The molecule has 0 bridgehead atoms. The van der Waals surface area contributed by atoms with Crippen molar-refractivity contribution in [3.63, 3.8) is 0 Å². The molecule has 1 aromatic carbocycles. The Morgan fingerprint density at radius 1 is 1.21 bits per heavy atom. The van der Waals surface area contributed by atoms with E-state index in [1.165, 1.54) is 25.5 Å². The molecule has 1 aliphatic carbocycles. The molecule has 5 nitrogen and oxygen atoms in total. The van der Waals surface area contributed by atoms with Gasteiger partial charge >= 0.3 is 5.97 Å². The number of hydrogen-bond acceptors (Lipinski definition) is 4. The maximum absolute atomic E-state index is 12.9.